The fraction of sp³-hybridized carbons (Fsp3) is 0.424. The topological polar surface area (TPSA) is 191 Å². The van der Waals surface area contributed by atoms with Crippen molar-refractivity contribution in [2.24, 2.45) is 17.6 Å². The monoisotopic (exact) mass is 603 g/mol. The number of aliphatic hydroxyl groups is 3. The quantitative estimate of drug-likeness (QED) is 0.242. The summed E-state index contributed by atoms with van der Waals surface area (Å²) in [7, 11) is 3.10. The Morgan fingerprint density at radius 2 is 1.84 bits per heavy atom. The normalized spacial score (nSPS) is 25.1. The van der Waals surface area contributed by atoms with Gasteiger partial charge in [-0.2, -0.15) is 0 Å². The van der Waals surface area contributed by atoms with Crippen LogP contribution in [0.4, 0.5) is 0 Å². The fourth-order valence-corrected chi connectivity index (χ4v) is 7.10. The maximum absolute atomic E-state index is 14.2. The van der Waals surface area contributed by atoms with E-state index in [1.54, 1.807) is 32.4 Å². The average molecular weight is 604 g/mol. The number of rotatable bonds is 6. The average Bonchev–Trinajstić information content (AvgIpc) is 2.93. The molecule has 0 bridgehead atoms. The van der Waals surface area contributed by atoms with Crippen LogP contribution >= 0.6 is 0 Å². The molecule has 1 saturated carbocycles. The van der Waals surface area contributed by atoms with Crippen molar-refractivity contribution in [1.29, 1.82) is 0 Å². The SMILES string of the molecule is CN(C)C1C(=O)C(C(N)=O)=C(O)C2(O)C(=O)C3=C(O)c4c(O)c(C(C)(C)C)cc(CCC(=O)c5cccnc5)c4CC3CC12. The number of hydrogen-bond donors (Lipinski definition) is 5. The number of nitrogens with two attached hydrogens (primary N) is 1. The molecule has 1 fully saturated rings. The molecule has 6 N–H and O–H groups in total. The molecule has 44 heavy (non-hydrogen) atoms. The van der Waals surface area contributed by atoms with Gasteiger partial charge in [-0.25, -0.2) is 0 Å². The molecule has 3 aliphatic rings. The number of aryl methyl sites for hydroxylation is 1. The molecular weight excluding hydrogens is 566 g/mol. The number of ketones is 3. The van der Waals surface area contributed by atoms with Gasteiger partial charge in [0.1, 0.15) is 22.8 Å². The van der Waals surface area contributed by atoms with E-state index in [9.17, 15) is 39.6 Å². The third-order valence-corrected chi connectivity index (χ3v) is 9.23. The van der Waals surface area contributed by atoms with Crippen LogP contribution in [0.3, 0.4) is 0 Å². The largest absolute Gasteiger partial charge is 0.508 e. The maximum Gasteiger partial charge on any atom is 0.255 e. The molecule has 0 aliphatic heterocycles. The van der Waals surface area contributed by atoms with E-state index < -0.39 is 63.5 Å². The second-order valence-electron chi connectivity index (χ2n) is 13.2. The summed E-state index contributed by atoms with van der Waals surface area (Å²) in [5, 5.41) is 46.1. The summed E-state index contributed by atoms with van der Waals surface area (Å²) in [5.74, 6) is -7.07. The number of amides is 1. The maximum atomic E-state index is 14.2. The first-order valence-corrected chi connectivity index (χ1v) is 14.5. The Kier molecular flexibility index (Phi) is 7.54. The minimum Gasteiger partial charge on any atom is -0.508 e. The minimum absolute atomic E-state index is 0.0123. The van der Waals surface area contributed by atoms with Crippen molar-refractivity contribution >= 4 is 29.0 Å². The smallest absolute Gasteiger partial charge is 0.255 e. The molecule has 4 atom stereocenters. The molecule has 0 spiro atoms. The fourth-order valence-electron chi connectivity index (χ4n) is 7.10. The van der Waals surface area contributed by atoms with Gasteiger partial charge in [0.25, 0.3) is 5.91 Å². The third-order valence-electron chi connectivity index (χ3n) is 9.23. The Labute approximate surface area is 254 Å². The summed E-state index contributed by atoms with van der Waals surface area (Å²) in [4.78, 5) is 58.2. The molecule has 0 saturated heterocycles. The Bertz CT molecular complexity index is 1670. The number of nitrogens with zero attached hydrogens (tertiary/aromatic N) is 2. The number of Topliss-reactive ketones (excluding diaryl/α,β-unsaturated/α-hetero) is 3. The van der Waals surface area contributed by atoms with E-state index >= 15 is 0 Å². The zero-order chi connectivity index (χ0) is 32.5. The van der Waals surface area contributed by atoms with Crippen LogP contribution in [-0.4, -0.2) is 79.3 Å². The predicted molar refractivity (Wildman–Crippen MR) is 160 cm³/mol. The van der Waals surface area contributed by atoms with Crippen LogP contribution in [0.1, 0.15) is 66.2 Å². The summed E-state index contributed by atoms with van der Waals surface area (Å²) in [6.45, 7) is 5.63. The van der Waals surface area contributed by atoms with Crippen molar-refractivity contribution in [3.63, 3.8) is 0 Å². The van der Waals surface area contributed by atoms with E-state index in [1.807, 2.05) is 26.8 Å². The van der Waals surface area contributed by atoms with E-state index in [1.165, 1.54) is 11.1 Å². The highest BCUT2D eigenvalue weighted by atomic mass is 16.3. The van der Waals surface area contributed by atoms with Crippen LogP contribution in [0.25, 0.3) is 5.76 Å². The highest BCUT2D eigenvalue weighted by Gasteiger charge is 2.64. The molecule has 11 heteroatoms. The first kappa shape index (κ1) is 31.1. The number of benzene rings is 1. The van der Waals surface area contributed by atoms with E-state index in [0.717, 1.165) is 0 Å². The van der Waals surface area contributed by atoms with E-state index in [0.29, 0.717) is 22.3 Å². The number of carbonyl (C=O) groups excluding carboxylic acids is 4. The standard InChI is InChI=1S/C33H37N3O8/c1-32(2,3)20-12-15(8-9-21(37)16-7-6-10-35-14-16)18-11-17-13-19-25(36(4)5)28(40)24(31(34)43)30(42)33(19,44)29(41)22(17)27(39)23(18)26(20)38/h6-7,10,12,14,17,19,25,38-39,42,44H,8-9,11,13H2,1-5H3,(H2,34,43). The molecule has 232 valence electrons. The first-order valence-electron chi connectivity index (χ1n) is 14.5. The lowest BCUT2D eigenvalue weighted by molar-refractivity contribution is -0.153. The van der Waals surface area contributed by atoms with Gasteiger partial charge in [0.2, 0.25) is 5.78 Å². The first-order chi connectivity index (χ1) is 20.5. The number of likely N-dealkylation sites (N-methyl/N-ethyl adjacent to an activating group) is 1. The van der Waals surface area contributed by atoms with Gasteiger partial charge in [-0.05, 0) is 68.0 Å². The molecule has 1 amide bonds. The summed E-state index contributed by atoms with van der Waals surface area (Å²) in [6.07, 6.45) is 3.62. The van der Waals surface area contributed by atoms with Crippen LogP contribution in [0, 0.1) is 11.8 Å². The number of phenolic OH excluding ortho intramolecular Hbond substituents is 1. The lowest BCUT2D eigenvalue weighted by Crippen LogP contribution is -2.65. The van der Waals surface area contributed by atoms with Crippen LogP contribution in [0.2, 0.25) is 0 Å². The van der Waals surface area contributed by atoms with Crippen molar-refractivity contribution in [2.75, 3.05) is 14.1 Å². The Morgan fingerprint density at radius 1 is 1.16 bits per heavy atom. The number of carbonyl (C=O) groups is 4. The number of fused-ring (bicyclic) bond motifs is 3. The second kappa shape index (κ2) is 10.7. The molecular formula is C33H37N3O8. The minimum atomic E-state index is -2.71. The van der Waals surface area contributed by atoms with Crippen molar-refractivity contribution in [3.8, 4) is 5.75 Å². The molecule has 0 radical (unpaired) electrons. The third kappa shape index (κ3) is 4.62. The number of primary amides is 1. The summed E-state index contributed by atoms with van der Waals surface area (Å²) >= 11 is 0. The van der Waals surface area contributed by atoms with Crippen LogP contribution in [0.5, 0.6) is 5.75 Å². The van der Waals surface area contributed by atoms with Gasteiger partial charge < -0.3 is 26.2 Å². The molecule has 5 rings (SSSR count). The number of aliphatic hydroxyl groups excluding tert-OH is 2. The Balaban J connectivity index is 1.68. The number of phenols is 1. The highest BCUT2D eigenvalue weighted by Crippen LogP contribution is 2.54. The van der Waals surface area contributed by atoms with E-state index in [4.69, 9.17) is 5.73 Å². The van der Waals surface area contributed by atoms with Gasteiger partial charge in [0.05, 0.1) is 11.6 Å². The van der Waals surface area contributed by atoms with Crippen molar-refractivity contribution in [3.05, 3.63) is 75.3 Å². The summed E-state index contributed by atoms with van der Waals surface area (Å²) in [5.41, 5.74) is 3.26. The zero-order valence-corrected chi connectivity index (χ0v) is 25.3. The number of aromatic hydroxyl groups is 1. The van der Waals surface area contributed by atoms with Crippen LogP contribution in [-0.2, 0) is 32.6 Å². The van der Waals surface area contributed by atoms with E-state index in [-0.39, 0.29) is 48.4 Å². The Morgan fingerprint density at radius 3 is 2.41 bits per heavy atom. The summed E-state index contributed by atoms with van der Waals surface area (Å²) < 4.78 is 0. The molecule has 1 aromatic carbocycles. The van der Waals surface area contributed by atoms with Gasteiger partial charge in [0, 0.05) is 41.4 Å². The van der Waals surface area contributed by atoms with Gasteiger partial charge in [-0.3, -0.25) is 29.1 Å². The van der Waals surface area contributed by atoms with Crippen LogP contribution < -0.4 is 5.73 Å². The molecule has 2 aromatic rings. The number of hydrogen-bond acceptors (Lipinski definition) is 10. The lowest BCUT2D eigenvalue weighted by atomic mass is 9.57. The molecule has 3 aliphatic carbocycles. The van der Waals surface area contributed by atoms with Crippen molar-refractivity contribution < 1.29 is 39.6 Å². The van der Waals surface area contributed by atoms with Gasteiger partial charge in [-0.15, -0.1) is 0 Å². The summed E-state index contributed by atoms with van der Waals surface area (Å²) in [6, 6.07) is 4.01. The Hall–Kier alpha value is -4.35. The molecule has 4 unspecified atom stereocenters. The van der Waals surface area contributed by atoms with Crippen molar-refractivity contribution in [1.82, 2.24) is 9.88 Å². The molecule has 11 nitrogen and oxygen atoms in total. The molecule has 1 aromatic heterocycles. The lowest BCUT2D eigenvalue weighted by Gasteiger charge is -2.50. The van der Waals surface area contributed by atoms with Gasteiger partial charge in [-0.1, -0.05) is 26.8 Å². The highest BCUT2D eigenvalue weighted by molar-refractivity contribution is 6.24. The predicted octanol–water partition coefficient (Wildman–Crippen LogP) is 2.47. The van der Waals surface area contributed by atoms with Crippen molar-refractivity contribution in [2.45, 2.75) is 63.5 Å². The second-order valence-corrected chi connectivity index (χ2v) is 13.2. The number of aromatic nitrogens is 1. The van der Waals surface area contributed by atoms with E-state index in [2.05, 4.69) is 4.98 Å². The van der Waals surface area contributed by atoms with Gasteiger partial charge in [0.15, 0.2) is 17.2 Å². The van der Waals surface area contributed by atoms with Gasteiger partial charge >= 0.3 is 0 Å². The number of pyridine rings is 1. The zero-order valence-electron chi connectivity index (χ0n) is 25.3. The van der Waals surface area contributed by atoms with Crippen LogP contribution in [0.15, 0.2) is 47.5 Å². The molecule has 1 heterocycles.